The number of nitrogens with one attached hydrogen (secondary N) is 2. The first-order valence-corrected chi connectivity index (χ1v) is 12.1. The van der Waals surface area contributed by atoms with Crippen molar-refractivity contribution < 1.29 is 70.1 Å². The SMILES string of the molecule is CC(=O)N[C@H]1[C@H]([C@H](O)[C@H](O)CO)O[C@](O)(CC2[C@H](O)[C@@H](NC(C)=O)[C@H]([C@H](O)[C@H](O)CO)O[C@@]2(C)O)C[C@@H]1O. The van der Waals surface area contributed by atoms with Crippen LogP contribution in [0.4, 0.5) is 0 Å². The summed E-state index contributed by atoms with van der Waals surface area (Å²) in [5.74, 6) is -7.59. The summed E-state index contributed by atoms with van der Waals surface area (Å²) in [6.45, 7) is 1.45. The van der Waals surface area contributed by atoms with Crippen LogP contribution in [0.1, 0.15) is 33.6 Å². The lowest BCUT2D eigenvalue weighted by atomic mass is 9.75. The van der Waals surface area contributed by atoms with Crippen LogP contribution in [0.2, 0.25) is 0 Å². The summed E-state index contributed by atoms with van der Waals surface area (Å²) in [5, 5.41) is 108. The average Bonchev–Trinajstić information content (AvgIpc) is 2.82. The van der Waals surface area contributed by atoms with Gasteiger partial charge >= 0.3 is 0 Å². The first kappa shape index (κ1) is 32.7. The van der Waals surface area contributed by atoms with Gasteiger partial charge in [-0.15, -0.1) is 0 Å². The summed E-state index contributed by atoms with van der Waals surface area (Å²) in [4.78, 5) is 23.5. The lowest BCUT2D eigenvalue weighted by molar-refractivity contribution is -0.354. The molecule has 0 aromatic carbocycles. The van der Waals surface area contributed by atoms with E-state index in [4.69, 9.17) is 9.47 Å². The van der Waals surface area contributed by atoms with E-state index in [0.29, 0.717) is 0 Å². The first-order valence-electron chi connectivity index (χ1n) is 12.1. The van der Waals surface area contributed by atoms with Crippen LogP contribution in [-0.2, 0) is 19.1 Å². The third-order valence-corrected chi connectivity index (χ3v) is 6.96. The van der Waals surface area contributed by atoms with Crippen LogP contribution in [-0.4, -0.2) is 149 Å². The summed E-state index contributed by atoms with van der Waals surface area (Å²) >= 11 is 0. The second kappa shape index (κ2) is 12.8. The van der Waals surface area contributed by atoms with Gasteiger partial charge in [0.15, 0.2) is 11.6 Å². The van der Waals surface area contributed by atoms with Crippen LogP contribution in [0, 0.1) is 5.92 Å². The Labute approximate surface area is 218 Å². The van der Waals surface area contributed by atoms with Crippen LogP contribution in [0.3, 0.4) is 0 Å². The molecular formula is C22H40N2O14. The highest BCUT2D eigenvalue weighted by Gasteiger charge is 2.58. The fourth-order valence-electron chi connectivity index (χ4n) is 5.06. The monoisotopic (exact) mass is 556 g/mol. The topological polar surface area (TPSA) is 279 Å². The van der Waals surface area contributed by atoms with Crippen LogP contribution in [0.25, 0.3) is 0 Å². The molecule has 0 bridgehead atoms. The molecule has 2 rings (SSSR count). The minimum absolute atomic E-state index is 0.615. The highest BCUT2D eigenvalue weighted by atomic mass is 16.7. The van der Waals surface area contributed by atoms with E-state index in [1.165, 1.54) is 0 Å². The van der Waals surface area contributed by atoms with Gasteiger partial charge in [0.2, 0.25) is 11.8 Å². The van der Waals surface area contributed by atoms with Crippen LogP contribution >= 0.6 is 0 Å². The van der Waals surface area contributed by atoms with Crippen LogP contribution < -0.4 is 10.6 Å². The predicted octanol–water partition coefficient (Wildman–Crippen LogP) is -6.26. The molecule has 2 aliphatic rings. The summed E-state index contributed by atoms with van der Waals surface area (Å²) in [7, 11) is 0. The number of aliphatic hydroxyl groups excluding tert-OH is 8. The summed E-state index contributed by atoms with van der Waals surface area (Å²) in [5.41, 5.74) is 0. The molecule has 38 heavy (non-hydrogen) atoms. The Morgan fingerprint density at radius 2 is 1.32 bits per heavy atom. The minimum Gasteiger partial charge on any atom is -0.394 e. The van der Waals surface area contributed by atoms with Gasteiger partial charge in [-0.05, 0) is 6.92 Å². The zero-order valence-corrected chi connectivity index (χ0v) is 21.3. The molecule has 16 heteroatoms. The van der Waals surface area contributed by atoms with Crippen molar-refractivity contribution in [3.63, 3.8) is 0 Å². The second-order valence-corrected chi connectivity index (χ2v) is 10.2. The molecule has 0 radical (unpaired) electrons. The van der Waals surface area contributed by atoms with Gasteiger partial charge in [0, 0.05) is 32.6 Å². The number of rotatable bonds is 10. The Hall–Kier alpha value is -1.54. The molecule has 2 saturated heterocycles. The molecular weight excluding hydrogens is 516 g/mol. The maximum Gasteiger partial charge on any atom is 0.217 e. The molecule has 0 aromatic heterocycles. The molecule has 2 fully saturated rings. The number of hydrogen-bond donors (Lipinski definition) is 12. The Morgan fingerprint density at radius 1 is 0.868 bits per heavy atom. The molecule has 13 atom stereocenters. The summed E-state index contributed by atoms with van der Waals surface area (Å²) in [6.07, 6.45) is -15.3. The normalized spacial score (nSPS) is 41.0. The van der Waals surface area contributed by atoms with Crippen molar-refractivity contribution >= 4 is 11.8 Å². The lowest BCUT2D eigenvalue weighted by Crippen LogP contribution is -2.70. The van der Waals surface area contributed by atoms with Crippen molar-refractivity contribution in [1.29, 1.82) is 0 Å². The molecule has 12 N–H and O–H groups in total. The molecule has 0 aromatic rings. The fraction of sp³-hybridized carbons (Fsp3) is 0.909. The Morgan fingerprint density at radius 3 is 1.76 bits per heavy atom. The Bertz CT molecular complexity index is 817. The van der Waals surface area contributed by atoms with Gasteiger partial charge in [0.1, 0.15) is 36.6 Å². The Kier molecular flexibility index (Phi) is 11.0. The van der Waals surface area contributed by atoms with Crippen molar-refractivity contribution in [3.8, 4) is 0 Å². The van der Waals surface area contributed by atoms with Crippen molar-refractivity contribution in [2.24, 2.45) is 5.92 Å². The summed E-state index contributed by atoms with van der Waals surface area (Å²) in [6, 6.07) is -2.79. The number of aliphatic hydroxyl groups is 10. The van der Waals surface area contributed by atoms with Gasteiger partial charge in [0.25, 0.3) is 0 Å². The maximum absolute atomic E-state index is 11.8. The quantitative estimate of drug-likeness (QED) is 0.119. The number of carbonyl (C=O) groups excluding carboxylic acids is 2. The van der Waals surface area contributed by atoms with E-state index in [-0.39, 0.29) is 0 Å². The highest BCUT2D eigenvalue weighted by Crippen LogP contribution is 2.43. The maximum atomic E-state index is 11.8. The number of hydrogen-bond acceptors (Lipinski definition) is 14. The Balaban J connectivity index is 2.40. The zero-order valence-electron chi connectivity index (χ0n) is 21.3. The van der Waals surface area contributed by atoms with Crippen molar-refractivity contribution in [2.75, 3.05) is 13.2 Å². The standard InChI is InChI=1S/C22H40N2O14/c1-8(27)23-14-11(29)5-22(36,38-19(14)17(33)12(30)6-25)4-10-16(32)15(24-9(2)28)20(37-21(10,3)35)18(34)13(31)7-26/h10-20,25-26,29-36H,4-7H2,1-3H3,(H,23,27)(H,24,28)/t10?,11-,12+,13+,14+,15+,16-,17+,18+,19+,20+,21+,22+/m0/s1. The largest absolute Gasteiger partial charge is 0.394 e. The lowest BCUT2D eigenvalue weighted by Gasteiger charge is -2.53. The van der Waals surface area contributed by atoms with E-state index in [0.717, 1.165) is 20.8 Å². The molecule has 2 amide bonds. The predicted molar refractivity (Wildman–Crippen MR) is 123 cm³/mol. The van der Waals surface area contributed by atoms with Gasteiger partial charge in [0.05, 0.1) is 37.5 Å². The van der Waals surface area contributed by atoms with Gasteiger partial charge < -0.3 is 71.2 Å². The zero-order chi connectivity index (χ0) is 29.2. The van der Waals surface area contributed by atoms with Crippen molar-refractivity contribution in [2.45, 2.75) is 106 Å². The van der Waals surface area contributed by atoms with E-state index in [1.54, 1.807) is 0 Å². The van der Waals surface area contributed by atoms with Gasteiger partial charge in [-0.25, -0.2) is 0 Å². The molecule has 0 saturated carbocycles. The smallest absolute Gasteiger partial charge is 0.217 e. The molecule has 1 unspecified atom stereocenters. The molecule has 16 nitrogen and oxygen atoms in total. The van der Waals surface area contributed by atoms with E-state index >= 15 is 0 Å². The van der Waals surface area contributed by atoms with Crippen LogP contribution in [0.15, 0.2) is 0 Å². The molecule has 0 aliphatic carbocycles. The van der Waals surface area contributed by atoms with E-state index in [1.807, 2.05) is 0 Å². The number of ether oxygens (including phenoxy) is 2. The van der Waals surface area contributed by atoms with E-state index in [9.17, 15) is 60.7 Å². The molecule has 222 valence electrons. The number of amides is 2. The fourth-order valence-corrected chi connectivity index (χ4v) is 5.06. The third kappa shape index (κ3) is 7.35. The molecule has 0 spiro atoms. The van der Waals surface area contributed by atoms with E-state index < -0.39 is 116 Å². The minimum atomic E-state index is -2.43. The molecule has 2 heterocycles. The van der Waals surface area contributed by atoms with Crippen molar-refractivity contribution in [3.05, 3.63) is 0 Å². The first-order chi connectivity index (χ1) is 17.5. The number of carbonyl (C=O) groups is 2. The van der Waals surface area contributed by atoms with Gasteiger partial charge in [-0.2, -0.15) is 0 Å². The second-order valence-electron chi connectivity index (χ2n) is 10.2. The summed E-state index contributed by atoms with van der Waals surface area (Å²) < 4.78 is 11.1. The average molecular weight is 557 g/mol. The van der Waals surface area contributed by atoms with Gasteiger partial charge in [-0.3, -0.25) is 9.59 Å². The van der Waals surface area contributed by atoms with Gasteiger partial charge in [-0.1, -0.05) is 0 Å². The van der Waals surface area contributed by atoms with E-state index in [2.05, 4.69) is 10.6 Å². The highest BCUT2D eigenvalue weighted by molar-refractivity contribution is 5.73. The van der Waals surface area contributed by atoms with Crippen LogP contribution in [0.5, 0.6) is 0 Å². The third-order valence-electron chi connectivity index (χ3n) is 6.96. The molecule has 2 aliphatic heterocycles. The van der Waals surface area contributed by atoms with Crippen molar-refractivity contribution in [1.82, 2.24) is 10.6 Å².